The molecule has 2 aromatic carbocycles. The van der Waals surface area contributed by atoms with Gasteiger partial charge in [0, 0.05) is 18.2 Å². The Morgan fingerprint density at radius 2 is 1.50 bits per heavy atom. The summed E-state index contributed by atoms with van der Waals surface area (Å²) in [5.41, 5.74) is 8.27. The third kappa shape index (κ3) is 4.52. The molecule has 5 N–H and O–H groups in total. The summed E-state index contributed by atoms with van der Waals surface area (Å²) in [6.07, 6.45) is 0. The van der Waals surface area contributed by atoms with Gasteiger partial charge >= 0.3 is 0 Å². The van der Waals surface area contributed by atoms with Gasteiger partial charge in [0.1, 0.15) is 23.3 Å². The fourth-order valence-electron chi connectivity index (χ4n) is 2.95. The lowest BCUT2D eigenvalue weighted by Gasteiger charge is -2.16. The molecule has 0 saturated heterocycles. The van der Waals surface area contributed by atoms with Gasteiger partial charge in [0.15, 0.2) is 5.82 Å². The first-order valence-corrected chi connectivity index (χ1v) is 9.21. The van der Waals surface area contributed by atoms with E-state index in [1.54, 1.807) is 36.4 Å². The van der Waals surface area contributed by atoms with Crippen LogP contribution in [0.5, 0.6) is 0 Å². The van der Waals surface area contributed by atoms with Crippen LogP contribution in [0.15, 0.2) is 60.7 Å². The number of nitrogen functional groups attached to an aromatic ring is 1. The molecule has 0 saturated carbocycles. The molecule has 0 radical (unpaired) electrons. The van der Waals surface area contributed by atoms with Crippen LogP contribution in [0.25, 0.3) is 11.3 Å². The minimum absolute atomic E-state index is 0.0862. The molecule has 1 atom stereocenters. The molecule has 0 aliphatic rings. The lowest BCUT2D eigenvalue weighted by atomic mass is 10.1. The molecule has 9 heteroatoms. The maximum atomic E-state index is 13.1. The molecule has 0 bridgehead atoms. The van der Waals surface area contributed by atoms with E-state index < -0.39 is 0 Å². The van der Waals surface area contributed by atoms with Gasteiger partial charge in [0.05, 0.1) is 5.69 Å². The zero-order chi connectivity index (χ0) is 21.1. The molecule has 0 fully saturated rings. The SMILES string of the molecule is CC(Nc1cc(Nc2cc(-c3ccc(F)cc3)[nH]n2)nc(N)n1)c1ccc(F)cc1. The molecule has 0 amide bonds. The Labute approximate surface area is 171 Å². The van der Waals surface area contributed by atoms with Gasteiger partial charge in [-0.3, -0.25) is 5.10 Å². The summed E-state index contributed by atoms with van der Waals surface area (Å²) < 4.78 is 26.2. The molecule has 30 heavy (non-hydrogen) atoms. The molecule has 1 unspecified atom stereocenters. The minimum atomic E-state index is -0.303. The average molecular weight is 407 g/mol. The number of hydrogen-bond acceptors (Lipinski definition) is 6. The van der Waals surface area contributed by atoms with Crippen LogP contribution in [-0.4, -0.2) is 20.2 Å². The van der Waals surface area contributed by atoms with E-state index in [0.29, 0.717) is 17.5 Å². The van der Waals surface area contributed by atoms with Gasteiger partial charge in [-0.05, 0) is 54.4 Å². The summed E-state index contributed by atoms with van der Waals surface area (Å²) in [7, 11) is 0. The molecule has 4 aromatic rings. The van der Waals surface area contributed by atoms with E-state index in [9.17, 15) is 8.78 Å². The number of rotatable bonds is 6. The van der Waals surface area contributed by atoms with E-state index in [1.807, 2.05) is 6.92 Å². The smallest absolute Gasteiger partial charge is 0.223 e. The zero-order valence-corrected chi connectivity index (χ0v) is 16.0. The third-order valence-corrected chi connectivity index (χ3v) is 4.47. The Morgan fingerprint density at radius 1 is 0.867 bits per heavy atom. The van der Waals surface area contributed by atoms with Gasteiger partial charge < -0.3 is 16.4 Å². The van der Waals surface area contributed by atoms with Crippen LogP contribution in [0.2, 0.25) is 0 Å². The number of anilines is 4. The topological polar surface area (TPSA) is 105 Å². The largest absolute Gasteiger partial charge is 0.368 e. The van der Waals surface area contributed by atoms with Crippen molar-refractivity contribution in [1.82, 2.24) is 20.2 Å². The fraction of sp³-hybridized carbons (Fsp3) is 0.0952. The van der Waals surface area contributed by atoms with Crippen molar-refractivity contribution in [1.29, 1.82) is 0 Å². The highest BCUT2D eigenvalue weighted by molar-refractivity contribution is 5.66. The van der Waals surface area contributed by atoms with Crippen molar-refractivity contribution in [2.45, 2.75) is 13.0 Å². The number of nitrogens with zero attached hydrogens (tertiary/aromatic N) is 3. The Hall–Kier alpha value is -4.01. The lowest BCUT2D eigenvalue weighted by molar-refractivity contribution is 0.626. The lowest BCUT2D eigenvalue weighted by Crippen LogP contribution is -2.10. The highest BCUT2D eigenvalue weighted by Gasteiger charge is 2.10. The number of aromatic amines is 1. The predicted molar refractivity (Wildman–Crippen MR) is 112 cm³/mol. The van der Waals surface area contributed by atoms with E-state index in [-0.39, 0.29) is 23.6 Å². The van der Waals surface area contributed by atoms with Crippen LogP contribution in [-0.2, 0) is 0 Å². The first kappa shape index (κ1) is 19.3. The van der Waals surface area contributed by atoms with Gasteiger partial charge in [0.25, 0.3) is 0 Å². The first-order valence-electron chi connectivity index (χ1n) is 9.21. The molecule has 0 aliphatic carbocycles. The normalized spacial score (nSPS) is 11.8. The van der Waals surface area contributed by atoms with Gasteiger partial charge in [-0.25, -0.2) is 8.78 Å². The zero-order valence-electron chi connectivity index (χ0n) is 16.0. The van der Waals surface area contributed by atoms with Gasteiger partial charge in [-0.1, -0.05) is 12.1 Å². The summed E-state index contributed by atoms with van der Waals surface area (Å²) in [5, 5.41) is 13.4. The third-order valence-electron chi connectivity index (χ3n) is 4.47. The van der Waals surface area contributed by atoms with Gasteiger partial charge in [0.2, 0.25) is 5.95 Å². The van der Waals surface area contributed by atoms with Crippen molar-refractivity contribution in [2.75, 3.05) is 16.4 Å². The summed E-state index contributed by atoms with van der Waals surface area (Å²) in [5.74, 6) is 0.975. The van der Waals surface area contributed by atoms with Crippen LogP contribution < -0.4 is 16.4 Å². The van der Waals surface area contributed by atoms with E-state index in [2.05, 4.69) is 30.8 Å². The number of nitrogens with two attached hydrogens (primary N) is 1. The van der Waals surface area contributed by atoms with Crippen molar-refractivity contribution in [3.8, 4) is 11.3 Å². The second-order valence-corrected chi connectivity index (χ2v) is 6.71. The summed E-state index contributed by atoms with van der Waals surface area (Å²) in [4.78, 5) is 8.37. The number of benzene rings is 2. The number of nitrogens with one attached hydrogen (secondary N) is 3. The number of hydrogen-bond donors (Lipinski definition) is 4. The molecule has 152 valence electrons. The van der Waals surface area contributed by atoms with Crippen LogP contribution in [0.1, 0.15) is 18.5 Å². The van der Waals surface area contributed by atoms with E-state index in [0.717, 1.165) is 16.8 Å². The summed E-state index contributed by atoms with van der Waals surface area (Å²) >= 11 is 0. The Bertz CT molecular complexity index is 1140. The monoisotopic (exact) mass is 407 g/mol. The highest BCUT2D eigenvalue weighted by Crippen LogP contribution is 2.24. The van der Waals surface area contributed by atoms with E-state index in [1.165, 1.54) is 24.3 Å². The minimum Gasteiger partial charge on any atom is -0.368 e. The Balaban J connectivity index is 1.49. The maximum Gasteiger partial charge on any atom is 0.223 e. The molecule has 0 spiro atoms. The number of aromatic nitrogens is 4. The number of halogens is 2. The van der Waals surface area contributed by atoms with Crippen LogP contribution >= 0.6 is 0 Å². The quantitative estimate of drug-likeness (QED) is 0.371. The van der Waals surface area contributed by atoms with Crippen molar-refractivity contribution in [3.05, 3.63) is 77.9 Å². The predicted octanol–water partition coefficient (Wildman–Crippen LogP) is 4.64. The van der Waals surface area contributed by atoms with Gasteiger partial charge in [-0.15, -0.1) is 0 Å². The van der Waals surface area contributed by atoms with Crippen molar-refractivity contribution in [2.24, 2.45) is 0 Å². The highest BCUT2D eigenvalue weighted by atomic mass is 19.1. The van der Waals surface area contributed by atoms with Crippen molar-refractivity contribution < 1.29 is 8.78 Å². The fourth-order valence-corrected chi connectivity index (χ4v) is 2.95. The van der Waals surface area contributed by atoms with E-state index in [4.69, 9.17) is 5.73 Å². The summed E-state index contributed by atoms with van der Waals surface area (Å²) in [6.45, 7) is 1.93. The van der Waals surface area contributed by atoms with E-state index >= 15 is 0 Å². The number of H-pyrrole nitrogens is 1. The molecule has 2 aromatic heterocycles. The molecule has 7 nitrogen and oxygen atoms in total. The average Bonchev–Trinajstić information content (AvgIpc) is 3.17. The Morgan fingerprint density at radius 3 is 2.20 bits per heavy atom. The molecule has 4 rings (SSSR count). The van der Waals surface area contributed by atoms with Crippen LogP contribution in [0, 0.1) is 11.6 Å². The Kier molecular flexibility index (Phi) is 5.25. The second-order valence-electron chi connectivity index (χ2n) is 6.71. The molecule has 0 aliphatic heterocycles. The molecule has 2 heterocycles. The second kappa shape index (κ2) is 8.16. The van der Waals surface area contributed by atoms with Gasteiger partial charge in [-0.2, -0.15) is 15.1 Å². The van der Waals surface area contributed by atoms with Crippen LogP contribution in [0.3, 0.4) is 0 Å². The molecular formula is C21H19F2N7. The maximum absolute atomic E-state index is 13.1. The van der Waals surface area contributed by atoms with Crippen molar-refractivity contribution >= 4 is 23.4 Å². The first-order chi connectivity index (χ1) is 14.5. The standard InChI is InChI=1S/C21H19F2N7/c1-12(13-2-6-15(22)7-3-13)25-18-11-19(28-21(24)27-18)26-20-10-17(29-30-20)14-4-8-16(23)9-5-14/h2-12H,1H3,(H5,24,25,26,27,28,29,30). The van der Waals surface area contributed by atoms with Crippen LogP contribution in [0.4, 0.5) is 32.2 Å². The summed E-state index contributed by atoms with van der Waals surface area (Å²) in [6, 6.07) is 15.7. The van der Waals surface area contributed by atoms with Crippen molar-refractivity contribution in [3.63, 3.8) is 0 Å². The molecular weight excluding hydrogens is 388 g/mol.